The third-order valence-corrected chi connectivity index (χ3v) is 13.8. The number of nitrogens with zero attached hydrogens (tertiary/aromatic N) is 2. The van der Waals surface area contributed by atoms with Crippen molar-refractivity contribution in [3.8, 4) is 67.3 Å². The minimum atomic E-state index is -0.380. The van der Waals surface area contributed by atoms with Crippen LogP contribution < -0.4 is 0 Å². The van der Waals surface area contributed by atoms with Gasteiger partial charge in [-0.2, -0.15) is 0 Å². The van der Waals surface area contributed by atoms with Gasteiger partial charge in [0.1, 0.15) is 0 Å². The zero-order chi connectivity index (χ0) is 40.9. The summed E-state index contributed by atoms with van der Waals surface area (Å²) in [5, 5.41) is 4.97. The molecule has 0 spiro atoms. The van der Waals surface area contributed by atoms with Gasteiger partial charge in [-0.25, -0.2) is 9.97 Å². The van der Waals surface area contributed by atoms with Crippen LogP contribution in [0.3, 0.4) is 0 Å². The van der Waals surface area contributed by atoms with Gasteiger partial charge in [-0.15, -0.1) is 0 Å². The van der Waals surface area contributed by atoms with Gasteiger partial charge in [-0.3, -0.25) is 0 Å². The molecule has 9 aromatic carbocycles. The highest BCUT2D eigenvalue weighted by Gasteiger charge is 2.43. The summed E-state index contributed by atoms with van der Waals surface area (Å²) in [5.41, 5.74) is 18.8. The van der Waals surface area contributed by atoms with E-state index in [9.17, 15) is 0 Å². The molecule has 288 valence electrons. The molecule has 0 amide bonds. The van der Waals surface area contributed by atoms with E-state index in [0.29, 0.717) is 5.82 Å². The molecule has 10 aromatic rings. The molecule has 0 radical (unpaired) electrons. The van der Waals surface area contributed by atoms with Gasteiger partial charge in [0.2, 0.25) is 0 Å². The molecule has 1 heterocycles. The second kappa shape index (κ2) is 13.3. The highest BCUT2D eigenvalue weighted by molar-refractivity contribution is 6.07. The summed E-state index contributed by atoms with van der Waals surface area (Å²) in [5.74, 6) is 0.712. The summed E-state index contributed by atoms with van der Waals surface area (Å²) in [4.78, 5) is 10.8. The van der Waals surface area contributed by atoms with Gasteiger partial charge in [0.05, 0.1) is 11.4 Å². The summed E-state index contributed by atoms with van der Waals surface area (Å²) in [7, 11) is 0. The van der Waals surface area contributed by atoms with Gasteiger partial charge in [-0.1, -0.05) is 202 Å². The lowest BCUT2D eigenvalue weighted by Crippen LogP contribution is -2.23. The van der Waals surface area contributed by atoms with E-state index < -0.39 is 0 Å². The summed E-state index contributed by atoms with van der Waals surface area (Å²) in [6, 6.07) is 73.1. The van der Waals surface area contributed by atoms with E-state index in [1.165, 1.54) is 77.4 Å². The van der Waals surface area contributed by atoms with Crippen LogP contribution in [0.25, 0.3) is 88.8 Å². The zero-order valence-electron chi connectivity index (χ0n) is 34.4. The number of rotatable bonds is 5. The van der Waals surface area contributed by atoms with Crippen LogP contribution in [0.15, 0.2) is 200 Å². The quantitative estimate of drug-likeness (QED) is 0.174. The molecule has 1 atom stereocenters. The van der Waals surface area contributed by atoms with E-state index in [1.54, 1.807) is 0 Å². The highest BCUT2D eigenvalue weighted by Crippen LogP contribution is 2.56. The van der Waals surface area contributed by atoms with Crippen LogP contribution >= 0.6 is 0 Å². The Morgan fingerprint density at radius 2 is 0.967 bits per heavy atom. The molecule has 2 aliphatic carbocycles. The molecule has 0 N–H and O–H groups in total. The standard InChI is InChI=1S/C59H42N2/c1-58(2)51-34-30-37-17-10-11-22-42(37)55(51)48-31-29-39(35-52(48)58)41-32-33-46(44-24-13-12-23-43(41)44)53-36-54(61-57(60-53)38-18-6-4-7-19-38)49-27-16-26-47-45-25-14-15-28-50(45)59(3,56(47)49)40-20-8-5-9-21-40/h4-36H,1-3H3. The SMILES string of the molecule is CC1(C)c2cc(-c3ccc(-c4cc(-c5cccc6c5C(C)(c5ccccc5)c5ccccc5-6)nc(-c5ccccc5)n4)c4ccccc34)ccc2-c2c1ccc1ccccc21. The Morgan fingerprint density at radius 3 is 1.77 bits per heavy atom. The second-order valence-corrected chi connectivity index (χ2v) is 17.4. The number of hydrogen-bond donors (Lipinski definition) is 0. The fourth-order valence-electron chi connectivity index (χ4n) is 10.8. The van der Waals surface area contributed by atoms with Crippen molar-refractivity contribution in [2.75, 3.05) is 0 Å². The Morgan fingerprint density at radius 1 is 0.361 bits per heavy atom. The van der Waals surface area contributed by atoms with E-state index in [-0.39, 0.29) is 10.8 Å². The van der Waals surface area contributed by atoms with Crippen LogP contribution in [0.2, 0.25) is 0 Å². The fourth-order valence-corrected chi connectivity index (χ4v) is 10.8. The molecular formula is C59H42N2. The number of fused-ring (bicyclic) bond motifs is 9. The molecule has 2 nitrogen and oxygen atoms in total. The first-order valence-corrected chi connectivity index (χ1v) is 21.3. The number of benzene rings is 9. The third-order valence-electron chi connectivity index (χ3n) is 13.8. The van der Waals surface area contributed by atoms with Crippen molar-refractivity contribution in [2.45, 2.75) is 31.6 Å². The lowest BCUT2D eigenvalue weighted by atomic mass is 9.72. The first-order valence-electron chi connectivity index (χ1n) is 21.3. The van der Waals surface area contributed by atoms with Gasteiger partial charge in [-0.05, 0) is 102 Å². The Hall–Kier alpha value is -7.42. The summed E-state index contributed by atoms with van der Waals surface area (Å²) in [6.45, 7) is 7.12. The van der Waals surface area contributed by atoms with E-state index in [0.717, 1.165) is 33.5 Å². The van der Waals surface area contributed by atoms with Gasteiger partial charge >= 0.3 is 0 Å². The van der Waals surface area contributed by atoms with Crippen molar-refractivity contribution in [3.63, 3.8) is 0 Å². The molecular weight excluding hydrogens is 737 g/mol. The molecule has 2 aliphatic rings. The second-order valence-electron chi connectivity index (χ2n) is 17.4. The van der Waals surface area contributed by atoms with Gasteiger partial charge < -0.3 is 0 Å². The number of hydrogen-bond acceptors (Lipinski definition) is 2. The molecule has 0 fully saturated rings. The molecule has 0 bridgehead atoms. The molecule has 0 saturated heterocycles. The molecule has 2 heteroatoms. The highest BCUT2D eigenvalue weighted by atomic mass is 14.9. The van der Waals surface area contributed by atoms with Crippen LogP contribution in [-0.4, -0.2) is 9.97 Å². The average molecular weight is 779 g/mol. The van der Waals surface area contributed by atoms with Crippen LogP contribution in [0.4, 0.5) is 0 Å². The van der Waals surface area contributed by atoms with Crippen molar-refractivity contribution in [3.05, 3.63) is 228 Å². The van der Waals surface area contributed by atoms with E-state index in [1.807, 2.05) is 6.07 Å². The van der Waals surface area contributed by atoms with Crippen molar-refractivity contribution >= 4 is 21.5 Å². The first-order chi connectivity index (χ1) is 29.9. The van der Waals surface area contributed by atoms with E-state index >= 15 is 0 Å². The average Bonchev–Trinajstić information content (AvgIpc) is 3.73. The molecule has 1 aromatic heterocycles. The summed E-state index contributed by atoms with van der Waals surface area (Å²) < 4.78 is 0. The minimum absolute atomic E-state index is 0.124. The van der Waals surface area contributed by atoms with Gasteiger partial charge in [0.15, 0.2) is 5.82 Å². The largest absolute Gasteiger partial charge is 0.228 e. The topological polar surface area (TPSA) is 25.8 Å². The van der Waals surface area contributed by atoms with E-state index in [4.69, 9.17) is 9.97 Å². The zero-order valence-corrected chi connectivity index (χ0v) is 34.4. The predicted molar refractivity (Wildman–Crippen MR) is 254 cm³/mol. The molecule has 12 rings (SSSR count). The van der Waals surface area contributed by atoms with E-state index in [2.05, 4.69) is 215 Å². The maximum Gasteiger partial charge on any atom is 0.160 e. The maximum absolute atomic E-state index is 5.42. The van der Waals surface area contributed by atoms with Crippen molar-refractivity contribution in [1.29, 1.82) is 0 Å². The first kappa shape index (κ1) is 35.5. The monoisotopic (exact) mass is 778 g/mol. The smallest absolute Gasteiger partial charge is 0.160 e. The molecule has 1 unspecified atom stereocenters. The lowest BCUT2D eigenvalue weighted by molar-refractivity contribution is 0.661. The van der Waals surface area contributed by atoms with Gasteiger partial charge in [0.25, 0.3) is 0 Å². The van der Waals surface area contributed by atoms with Crippen LogP contribution in [-0.2, 0) is 10.8 Å². The van der Waals surface area contributed by atoms with Crippen molar-refractivity contribution in [2.24, 2.45) is 0 Å². The number of aromatic nitrogens is 2. The Balaban J connectivity index is 1.05. The van der Waals surface area contributed by atoms with Crippen molar-refractivity contribution < 1.29 is 0 Å². The fraction of sp³-hybridized carbons (Fsp3) is 0.0847. The molecule has 0 aliphatic heterocycles. The van der Waals surface area contributed by atoms with Crippen LogP contribution in [0.1, 0.15) is 48.6 Å². The Labute approximate surface area is 356 Å². The van der Waals surface area contributed by atoms with Crippen LogP contribution in [0, 0.1) is 0 Å². The van der Waals surface area contributed by atoms with Gasteiger partial charge in [0, 0.05) is 27.5 Å². The van der Waals surface area contributed by atoms with Crippen molar-refractivity contribution in [1.82, 2.24) is 9.97 Å². The lowest BCUT2D eigenvalue weighted by Gasteiger charge is -2.30. The molecule has 61 heavy (non-hydrogen) atoms. The summed E-state index contributed by atoms with van der Waals surface area (Å²) in [6.07, 6.45) is 0. The third kappa shape index (κ3) is 5.22. The maximum atomic E-state index is 5.42. The van der Waals surface area contributed by atoms with Crippen LogP contribution in [0.5, 0.6) is 0 Å². The molecule has 0 saturated carbocycles. The predicted octanol–water partition coefficient (Wildman–Crippen LogP) is 15.1. The summed E-state index contributed by atoms with van der Waals surface area (Å²) >= 11 is 0. The Bertz CT molecular complexity index is 3400. The minimum Gasteiger partial charge on any atom is -0.228 e. The normalized spacial score (nSPS) is 15.7. The Kier molecular flexibility index (Phi) is 7.74.